The predicted octanol–water partition coefficient (Wildman–Crippen LogP) is 3.69. The first-order valence-electron chi connectivity index (χ1n) is 8.46. The van der Waals surface area contributed by atoms with E-state index in [0.717, 1.165) is 18.9 Å². The Morgan fingerprint density at radius 2 is 1.84 bits per heavy atom. The highest BCUT2D eigenvalue weighted by molar-refractivity contribution is 4.86. The molecule has 2 nitrogen and oxygen atoms in total. The molecule has 0 spiro atoms. The van der Waals surface area contributed by atoms with Crippen molar-refractivity contribution in [1.29, 1.82) is 0 Å². The number of aliphatic hydroxyl groups is 1. The van der Waals surface area contributed by atoms with E-state index in [1.807, 2.05) is 0 Å². The molecule has 0 aromatic carbocycles. The molecule has 3 unspecified atom stereocenters. The Bertz CT molecular complexity index is 270. The number of piperidine rings is 1. The molecule has 0 radical (unpaired) electrons. The highest BCUT2D eigenvalue weighted by atomic mass is 16.3. The molecule has 2 rings (SSSR count). The first kappa shape index (κ1) is 15.3. The summed E-state index contributed by atoms with van der Waals surface area (Å²) >= 11 is 0. The van der Waals surface area contributed by atoms with Crippen molar-refractivity contribution >= 4 is 0 Å². The third kappa shape index (κ3) is 3.95. The average Bonchev–Trinajstić information content (AvgIpc) is 2.44. The van der Waals surface area contributed by atoms with Gasteiger partial charge in [-0.05, 0) is 62.4 Å². The van der Waals surface area contributed by atoms with Crippen LogP contribution >= 0.6 is 0 Å². The lowest BCUT2D eigenvalue weighted by atomic mass is 9.76. The number of rotatable bonds is 4. The van der Waals surface area contributed by atoms with Gasteiger partial charge in [-0.25, -0.2) is 0 Å². The molecule has 112 valence electrons. The number of nitrogens with zero attached hydrogens (tertiary/aromatic N) is 1. The summed E-state index contributed by atoms with van der Waals surface area (Å²) in [6.07, 6.45) is 8.75. The van der Waals surface area contributed by atoms with Crippen molar-refractivity contribution in [1.82, 2.24) is 4.90 Å². The van der Waals surface area contributed by atoms with Crippen LogP contribution in [0, 0.1) is 17.3 Å². The standard InChI is InChI=1S/C17H33NO/c1-4-14-6-7-16(19)15(12-14)13-18-10-8-17(3,5-2)9-11-18/h14-16,19H,4-13H2,1-3H3. The van der Waals surface area contributed by atoms with Gasteiger partial charge in [0.1, 0.15) is 0 Å². The molecule has 3 atom stereocenters. The Morgan fingerprint density at radius 1 is 1.16 bits per heavy atom. The van der Waals surface area contributed by atoms with Gasteiger partial charge >= 0.3 is 0 Å². The molecular weight excluding hydrogens is 234 g/mol. The smallest absolute Gasteiger partial charge is 0.0580 e. The van der Waals surface area contributed by atoms with Gasteiger partial charge in [0.25, 0.3) is 0 Å². The second-order valence-corrected chi connectivity index (χ2v) is 7.38. The fourth-order valence-corrected chi connectivity index (χ4v) is 3.87. The van der Waals surface area contributed by atoms with E-state index in [-0.39, 0.29) is 6.10 Å². The van der Waals surface area contributed by atoms with E-state index in [0.29, 0.717) is 11.3 Å². The zero-order chi connectivity index (χ0) is 13.9. The van der Waals surface area contributed by atoms with Crippen LogP contribution in [0.1, 0.15) is 65.7 Å². The molecule has 0 bridgehead atoms. The number of aliphatic hydroxyl groups excluding tert-OH is 1. The summed E-state index contributed by atoms with van der Waals surface area (Å²) in [7, 11) is 0. The summed E-state index contributed by atoms with van der Waals surface area (Å²) < 4.78 is 0. The minimum absolute atomic E-state index is 0.0396. The summed E-state index contributed by atoms with van der Waals surface area (Å²) in [6, 6.07) is 0. The number of likely N-dealkylation sites (tertiary alicyclic amines) is 1. The highest BCUT2D eigenvalue weighted by Crippen LogP contribution is 2.36. The van der Waals surface area contributed by atoms with Crippen molar-refractivity contribution < 1.29 is 5.11 Å². The first-order valence-corrected chi connectivity index (χ1v) is 8.46. The van der Waals surface area contributed by atoms with E-state index in [9.17, 15) is 5.11 Å². The maximum Gasteiger partial charge on any atom is 0.0580 e. The topological polar surface area (TPSA) is 23.5 Å². The molecule has 2 fully saturated rings. The lowest BCUT2D eigenvalue weighted by Gasteiger charge is -2.42. The van der Waals surface area contributed by atoms with Crippen LogP contribution in [0.2, 0.25) is 0 Å². The molecule has 0 aromatic heterocycles. The van der Waals surface area contributed by atoms with E-state index >= 15 is 0 Å². The SMILES string of the molecule is CCC1CCC(O)C(CN2CCC(C)(CC)CC2)C1. The molecular formula is C17H33NO. The van der Waals surface area contributed by atoms with E-state index in [1.165, 1.54) is 51.6 Å². The lowest BCUT2D eigenvalue weighted by Crippen LogP contribution is -2.44. The molecule has 2 heteroatoms. The largest absolute Gasteiger partial charge is 0.393 e. The van der Waals surface area contributed by atoms with Crippen LogP contribution in [0.15, 0.2) is 0 Å². The van der Waals surface area contributed by atoms with Crippen LogP contribution in [0.25, 0.3) is 0 Å². The molecule has 0 aromatic rings. The summed E-state index contributed by atoms with van der Waals surface area (Å²) in [5.74, 6) is 1.39. The van der Waals surface area contributed by atoms with Crippen molar-refractivity contribution in [2.75, 3.05) is 19.6 Å². The van der Waals surface area contributed by atoms with Crippen molar-refractivity contribution in [3.05, 3.63) is 0 Å². The molecule has 2 aliphatic rings. The van der Waals surface area contributed by atoms with Crippen molar-refractivity contribution in [3.63, 3.8) is 0 Å². The van der Waals surface area contributed by atoms with E-state index in [2.05, 4.69) is 25.7 Å². The van der Waals surface area contributed by atoms with Crippen molar-refractivity contribution in [3.8, 4) is 0 Å². The van der Waals surface area contributed by atoms with Crippen LogP contribution in [-0.4, -0.2) is 35.7 Å². The molecule has 1 N–H and O–H groups in total. The zero-order valence-electron chi connectivity index (χ0n) is 13.2. The van der Waals surface area contributed by atoms with Crippen LogP contribution in [-0.2, 0) is 0 Å². The number of hydrogen-bond donors (Lipinski definition) is 1. The molecule has 1 saturated heterocycles. The van der Waals surface area contributed by atoms with Crippen molar-refractivity contribution in [2.45, 2.75) is 71.8 Å². The monoisotopic (exact) mass is 267 g/mol. The van der Waals surface area contributed by atoms with Gasteiger partial charge in [0.15, 0.2) is 0 Å². The fourth-order valence-electron chi connectivity index (χ4n) is 3.87. The van der Waals surface area contributed by atoms with Gasteiger partial charge in [0, 0.05) is 6.54 Å². The maximum absolute atomic E-state index is 10.2. The van der Waals surface area contributed by atoms with Gasteiger partial charge < -0.3 is 10.0 Å². The van der Waals surface area contributed by atoms with E-state index < -0.39 is 0 Å². The summed E-state index contributed by atoms with van der Waals surface area (Å²) in [4.78, 5) is 2.61. The summed E-state index contributed by atoms with van der Waals surface area (Å²) in [5, 5.41) is 10.2. The minimum Gasteiger partial charge on any atom is -0.393 e. The van der Waals surface area contributed by atoms with Gasteiger partial charge in [-0.15, -0.1) is 0 Å². The van der Waals surface area contributed by atoms with Gasteiger partial charge in [0.2, 0.25) is 0 Å². The Morgan fingerprint density at radius 3 is 2.42 bits per heavy atom. The van der Waals surface area contributed by atoms with Gasteiger partial charge in [0.05, 0.1) is 6.10 Å². The van der Waals surface area contributed by atoms with E-state index in [4.69, 9.17) is 0 Å². The summed E-state index contributed by atoms with van der Waals surface area (Å²) in [6.45, 7) is 10.7. The molecule has 1 heterocycles. The Kier molecular flexibility index (Phi) is 5.30. The average molecular weight is 267 g/mol. The minimum atomic E-state index is -0.0396. The van der Waals surface area contributed by atoms with Crippen LogP contribution in [0.4, 0.5) is 0 Å². The van der Waals surface area contributed by atoms with Crippen LogP contribution in [0.3, 0.4) is 0 Å². The van der Waals surface area contributed by atoms with E-state index in [1.54, 1.807) is 0 Å². The lowest BCUT2D eigenvalue weighted by molar-refractivity contribution is 0.0130. The van der Waals surface area contributed by atoms with Gasteiger partial charge in [-0.2, -0.15) is 0 Å². The second-order valence-electron chi connectivity index (χ2n) is 7.38. The molecule has 1 aliphatic heterocycles. The molecule has 0 amide bonds. The first-order chi connectivity index (χ1) is 9.06. The number of hydrogen-bond acceptors (Lipinski definition) is 2. The molecule has 19 heavy (non-hydrogen) atoms. The predicted molar refractivity (Wildman–Crippen MR) is 81.2 cm³/mol. The maximum atomic E-state index is 10.2. The Labute approximate surface area is 119 Å². The summed E-state index contributed by atoms with van der Waals surface area (Å²) in [5.41, 5.74) is 0.577. The second kappa shape index (κ2) is 6.58. The van der Waals surface area contributed by atoms with Crippen LogP contribution < -0.4 is 0 Å². The third-order valence-corrected chi connectivity index (χ3v) is 6.04. The van der Waals surface area contributed by atoms with Crippen LogP contribution in [0.5, 0.6) is 0 Å². The third-order valence-electron chi connectivity index (χ3n) is 6.04. The quantitative estimate of drug-likeness (QED) is 0.840. The normalized spacial score (nSPS) is 36.3. The molecule has 1 saturated carbocycles. The van der Waals surface area contributed by atoms with Gasteiger partial charge in [-0.1, -0.05) is 33.6 Å². The Balaban J connectivity index is 1.81. The van der Waals surface area contributed by atoms with Gasteiger partial charge in [-0.3, -0.25) is 0 Å². The Hall–Kier alpha value is -0.0800. The zero-order valence-corrected chi connectivity index (χ0v) is 13.2. The molecule has 1 aliphatic carbocycles. The van der Waals surface area contributed by atoms with Crippen molar-refractivity contribution in [2.24, 2.45) is 17.3 Å². The fraction of sp³-hybridized carbons (Fsp3) is 1.00. The highest BCUT2D eigenvalue weighted by Gasteiger charge is 2.33.